The summed E-state index contributed by atoms with van der Waals surface area (Å²) in [6.07, 6.45) is 7.69. The smallest absolute Gasteiger partial charge is 0.254 e. The molecule has 5 heterocycles. The van der Waals surface area contributed by atoms with Gasteiger partial charge in [-0.15, -0.1) is 0 Å². The Bertz CT molecular complexity index is 1390. The Morgan fingerprint density at radius 1 is 0.974 bits per heavy atom. The molecule has 3 aliphatic heterocycles. The fraction of sp³-hybridized carbons (Fsp3) is 0.556. The second-order valence-corrected chi connectivity index (χ2v) is 14.0. The first kappa shape index (κ1) is 26.8. The van der Waals surface area contributed by atoms with Gasteiger partial charge < -0.3 is 9.47 Å². The maximum Gasteiger partial charge on any atom is 0.254 e. The molecule has 9 nitrogen and oxygen atoms in total. The standard InChI is InChI=1S/C27H36FN7O2S2/c1-20(22-5-7-23(28)8-6-22)35-19-29-16-25(35)21(2)31-12-14-34(15-13-31)39(36,37)26-17-30-27(38-26)33-11-10-32-9-3-4-24(32)18-33/h5-8,16-17,19-21,24H,3-4,9-15,18H2,1-2H3/t20-,21?,24?/m1/s1. The van der Waals surface area contributed by atoms with Crippen molar-refractivity contribution in [1.29, 1.82) is 0 Å². The predicted molar refractivity (Wildman–Crippen MR) is 150 cm³/mol. The van der Waals surface area contributed by atoms with Crippen molar-refractivity contribution >= 4 is 26.5 Å². The normalized spacial score (nSPS) is 23.2. The van der Waals surface area contributed by atoms with Crippen molar-refractivity contribution in [2.24, 2.45) is 0 Å². The minimum Gasteiger partial charge on any atom is -0.345 e. The fourth-order valence-corrected chi connectivity index (χ4v) is 8.92. The topological polar surface area (TPSA) is 77.8 Å². The van der Waals surface area contributed by atoms with Crippen molar-refractivity contribution in [3.05, 3.63) is 60.1 Å². The number of rotatable bonds is 7. The predicted octanol–water partition coefficient (Wildman–Crippen LogP) is 3.44. The number of anilines is 1. The third-order valence-electron chi connectivity index (χ3n) is 8.64. The summed E-state index contributed by atoms with van der Waals surface area (Å²) < 4.78 is 44.5. The van der Waals surface area contributed by atoms with E-state index in [1.54, 1.807) is 22.6 Å². The number of imidazole rings is 1. The first-order valence-corrected chi connectivity index (χ1v) is 16.0. The quantitative estimate of drug-likeness (QED) is 0.429. The van der Waals surface area contributed by atoms with Gasteiger partial charge in [-0.05, 0) is 50.9 Å². The number of nitrogens with zero attached hydrogens (tertiary/aromatic N) is 7. The summed E-state index contributed by atoms with van der Waals surface area (Å²) in [5.74, 6) is -0.251. The van der Waals surface area contributed by atoms with Gasteiger partial charge in [-0.3, -0.25) is 9.80 Å². The van der Waals surface area contributed by atoms with Gasteiger partial charge in [0.25, 0.3) is 10.0 Å². The van der Waals surface area contributed by atoms with Crippen LogP contribution < -0.4 is 4.90 Å². The van der Waals surface area contributed by atoms with Crippen LogP contribution >= 0.6 is 11.3 Å². The van der Waals surface area contributed by atoms with Crippen molar-refractivity contribution < 1.29 is 12.8 Å². The van der Waals surface area contributed by atoms with E-state index >= 15 is 0 Å². The van der Waals surface area contributed by atoms with Crippen molar-refractivity contribution in [2.75, 3.05) is 57.3 Å². The van der Waals surface area contributed by atoms with Gasteiger partial charge in [0, 0.05) is 64.1 Å². The summed E-state index contributed by atoms with van der Waals surface area (Å²) in [7, 11) is -3.58. The van der Waals surface area contributed by atoms with E-state index in [1.165, 1.54) is 42.9 Å². The molecular weight excluding hydrogens is 537 g/mol. The Kier molecular flexibility index (Phi) is 7.49. The van der Waals surface area contributed by atoms with E-state index in [0.717, 1.165) is 36.0 Å². The SMILES string of the molecule is CC(c1cncn1[C@H](C)c1ccc(F)cc1)N1CCN(S(=O)(=O)c2cnc(N3CCN4CCCC4C3)s2)CC1. The van der Waals surface area contributed by atoms with E-state index < -0.39 is 10.0 Å². The van der Waals surface area contributed by atoms with Crippen LogP contribution in [0.1, 0.15) is 50.0 Å². The third-order valence-corrected chi connectivity index (χ3v) is 12.0. The molecule has 0 spiro atoms. The van der Waals surface area contributed by atoms with E-state index in [1.807, 2.05) is 12.5 Å². The van der Waals surface area contributed by atoms with E-state index in [-0.39, 0.29) is 17.9 Å². The summed E-state index contributed by atoms with van der Waals surface area (Å²) in [6.45, 7) is 10.4. The van der Waals surface area contributed by atoms with Gasteiger partial charge in [0.05, 0.1) is 24.3 Å². The number of hydrogen-bond acceptors (Lipinski definition) is 8. The zero-order valence-electron chi connectivity index (χ0n) is 22.5. The van der Waals surface area contributed by atoms with Gasteiger partial charge in [0.2, 0.25) is 0 Å². The Balaban J connectivity index is 1.09. The monoisotopic (exact) mass is 573 g/mol. The molecule has 0 bridgehead atoms. The van der Waals surface area contributed by atoms with Crippen molar-refractivity contribution in [3.63, 3.8) is 0 Å². The average Bonchev–Trinajstić information content (AvgIpc) is 3.73. The zero-order chi connectivity index (χ0) is 27.1. The van der Waals surface area contributed by atoms with Crippen LogP contribution in [0.3, 0.4) is 0 Å². The molecule has 2 unspecified atom stereocenters. The number of thiazole rings is 1. The third kappa shape index (κ3) is 5.24. The number of piperazine rings is 2. The van der Waals surface area contributed by atoms with Crippen molar-refractivity contribution in [2.45, 2.75) is 49.0 Å². The van der Waals surface area contributed by atoms with E-state index in [4.69, 9.17) is 0 Å². The second kappa shape index (κ2) is 10.9. The molecule has 3 aliphatic rings. The molecule has 39 heavy (non-hydrogen) atoms. The molecule has 3 saturated heterocycles. The first-order chi connectivity index (χ1) is 18.8. The number of fused-ring (bicyclic) bond motifs is 1. The highest BCUT2D eigenvalue weighted by Crippen LogP contribution is 2.33. The van der Waals surface area contributed by atoms with Crippen molar-refractivity contribution in [1.82, 2.24) is 28.6 Å². The molecule has 12 heteroatoms. The van der Waals surface area contributed by atoms with Crippen LogP contribution in [0.15, 0.2) is 47.2 Å². The molecule has 0 radical (unpaired) electrons. The van der Waals surface area contributed by atoms with Crippen LogP contribution in [0.4, 0.5) is 9.52 Å². The number of benzene rings is 1. The highest BCUT2D eigenvalue weighted by molar-refractivity contribution is 7.91. The van der Waals surface area contributed by atoms with E-state index in [0.29, 0.717) is 36.4 Å². The summed E-state index contributed by atoms with van der Waals surface area (Å²) in [4.78, 5) is 16.0. The second-order valence-electron chi connectivity index (χ2n) is 10.8. The molecule has 0 N–H and O–H groups in total. The van der Waals surface area contributed by atoms with Gasteiger partial charge in [0.15, 0.2) is 9.34 Å². The molecule has 0 amide bonds. The fourth-order valence-electron chi connectivity index (χ4n) is 6.19. The van der Waals surface area contributed by atoms with E-state index in [2.05, 4.69) is 43.1 Å². The molecule has 0 aliphatic carbocycles. The lowest BCUT2D eigenvalue weighted by atomic mass is 10.1. The van der Waals surface area contributed by atoms with E-state index in [9.17, 15) is 12.8 Å². The lowest BCUT2D eigenvalue weighted by molar-refractivity contribution is 0.141. The van der Waals surface area contributed by atoms with Crippen LogP contribution in [0.2, 0.25) is 0 Å². The number of halogens is 1. The van der Waals surface area contributed by atoms with Crippen LogP contribution in [-0.4, -0.2) is 95.5 Å². The Labute approximate surface area is 233 Å². The number of hydrogen-bond donors (Lipinski definition) is 0. The minimum atomic E-state index is -3.58. The van der Waals surface area contributed by atoms with Crippen LogP contribution in [0.25, 0.3) is 0 Å². The summed E-state index contributed by atoms with van der Waals surface area (Å²) >= 11 is 1.30. The van der Waals surface area contributed by atoms with Crippen molar-refractivity contribution in [3.8, 4) is 0 Å². The zero-order valence-corrected chi connectivity index (χ0v) is 24.1. The largest absolute Gasteiger partial charge is 0.345 e. The van der Waals surface area contributed by atoms with Gasteiger partial charge in [-0.2, -0.15) is 4.31 Å². The lowest BCUT2D eigenvalue weighted by Crippen LogP contribution is -2.50. The highest BCUT2D eigenvalue weighted by Gasteiger charge is 2.35. The number of sulfonamides is 1. The Morgan fingerprint density at radius 3 is 2.51 bits per heavy atom. The van der Waals surface area contributed by atoms with Crippen LogP contribution in [0.5, 0.6) is 0 Å². The molecule has 0 saturated carbocycles. The molecule has 6 rings (SSSR count). The average molecular weight is 574 g/mol. The molecule has 3 atom stereocenters. The van der Waals surface area contributed by atoms with Gasteiger partial charge >= 0.3 is 0 Å². The molecule has 3 aromatic rings. The Hall–Kier alpha value is -2.38. The summed E-state index contributed by atoms with van der Waals surface area (Å²) in [5.41, 5.74) is 2.06. The van der Waals surface area contributed by atoms with Crippen LogP contribution in [-0.2, 0) is 10.0 Å². The summed E-state index contributed by atoms with van der Waals surface area (Å²) in [5, 5.41) is 0.816. The van der Waals surface area contributed by atoms with Gasteiger partial charge in [0.1, 0.15) is 5.82 Å². The Morgan fingerprint density at radius 2 is 1.74 bits per heavy atom. The van der Waals surface area contributed by atoms with Gasteiger partial charge in [-0.25, -0.2) is 22.8 Å². The molecular formula is C27H36FN7O2S2. The van der Waals surface area contributed by atoms with Crippen LogP contribution in [0, 0.1) is 5.82 Å². The highest BCUT2D eigenvalue weighted by atomic mass is 32.2. The minimum absolute atomic E-state index is 0.00406. The number of aromatic nitrogens is 3. The molecule has 2 aromatic heterocycles. The molecule has 3 fully saturated rings. The van der Waals surface area contributed by atoms with Gasteiger partial charge in [-0.1, -0.05) is 23.5 Å². The molecule has 1 aromatic carbocycles. The lowest BCUT2D eigenvalue weighted by Gasteiger charge is -2.38. The first-order valence-electron chi connectivity index (χ1n) is 13.8. The maximum atomic E-state index is 13.5. The molecule has 210 valence electrons. The summed E-state index contributed by atoms with van der Waals surface area (Å²) in [6, 6.07) is 7.19. The maximum absolute atomic E-state index is 13.5.